The molecule has 6 atom stereocenters. The molecule has 0 radical (unpaired) electrons. The Kier molecular flexibility index (Phi) is 5.35. The summed E-state index contributed by atoms with van der Waals surface area (Å²) < 4.78 is 12.9. The van der Waals surface area contributed by atoms with Crippen molar-refractivity contribution in [2.45, 2.75) is 69.2 Å². The predicted octanol–water partition coefficient (Wildman–Crippen LogP) is -0.881. The molecule has 0 bridgehead atoms. The Bertz CT molecular complexity index is 277. The molecule has 5 N–H and O–H groups in total. The first kappa shape index (κ1) is 14.2. The van der Waals surface area contributed by atoms with Crippen molar-refractivity contribution in [3.8, 4) is 0 Å². The lowest BCUT2D eigenvalue weighted by Crippen LogP contribution is -2.65. The van der Waals surface area contributed by atoms with Gasteiger partial charge in [0, 0.05) is 7.79 Å². The third-order valence-corrected chi connectivity index (χ3v) is 3.25. The molecule has 0 spiro atoms. The highest BCUT2D eigenvalue weighted by atomic mass is 16.7. The van der Waals surface area contributed by atoms with Crippen LogP contribution in [-0.4, -0.2) is 62.3 Å². The molecule has 1 aliphatic heterocycles. The van der Waals surface area contributed by atoms with E-state index in [9.17, 15) is 20.4 Å². The molecule has 0 saturated carbocycles. The average Bonchev–Trinajstić information content (AvgIpc) is 2.38. The van der Waals surface area contributed by atoms with Gasteiger partial charge in [-0.25, -0.2) is 0 Å². The molecule has 0 aliphatic carbocycles. The summed E-state index contributed by atoms with van der Waals surface area (Å²) in [5.41, 5.74) is 0. The quantitative estimate of drug-likeness (QED) is 0.426. The van der Waals surface area contributed by atoms with Gasteiger partial charge in [-0.1, -0.05) is 26.2 Å². The lowest BCUT2D eigenvalue weighted by Gasteiger charge is -2.45. The van der Waals surface area contributed by atoms with Gasteiger partial charge in [-0.3, -0.25) is 0 Å². The van der Waals surface area contributed by atoms with Crippen LogP contribution >= 0.6 is 0 Å². The van der Waals surface area contributed by atoms with Gasteiger partial charge in [0.25, 0.3) is 0 Å². The molecule has 1 aliphatic rings. The molecular weight excluding hydrogens is 240 g/mol. The summed E-state index contributed by atoms with van der Waals surface area (Å²) in [4.78, 5) is 0. The van der Waals surface area contributed by atoms with E-state index in [0.717, 1.165) is 12.8 Å². The summed E-state index contributed by atoms with van der Waals surface area (Å²) in [7, 11) is 0. The van der Waals surface area contributed by atoms with Crippen molar-refractivity contribution in [1.29, 1.82) is 0 Å². The van der Waals surface area contributed by atoms with Crippen molar-refractivity contribution in [1.82, 2.24) is 0 Å². The normalized spacial score (nSPS) is 43.6. The first-order valence-corrected chi connectivity index (χ1v) is 6.33. The van der Waals surface area contributed by atoms with E-state index in [2.05, 4.69) is 0 Å². The molecule has 2 unspecified atom stereocenters. The molecule has 0 aromatic heterocycles. The Morgan fingerprint density at radius 3 is 2.44 bits per heavy atom. The maximum atomic E-state index is 10.2. The van der Waals surface area contributed by atoms with Crippen LogP contribution in [-0.2, 0) is 4.74 Å². The minimum absolute atomic E-state index is 0.186. The fourth-order valence-corrected chi connectivity index (χ4v) is 2.05. The highest BCUT2D eigenvalue weighted by Gasteiger charge is 2.51. The molecule has 108 valence electrons. The molecule has 1 heterocycles. The zero-order valence-electron chi connectivity index (χ0n) is 11.6. The van der Waals surface area contributed by atoms with Crippen LogP contribution in [0.3, 0.4) is 0 Å². The van der Waals surface area contributed by atoms with E-state index < -0.39 is 43.2 Å². The standard InChI is InChI=1S/C12H24O6/c1-2-3-4-5-6-12(17)11(16)10(15)9(14)8(7-13)18-12/h8-11,13-17H,2-7H2,1H3/t8-,9-,10+,11-,12?/m1/s1/i5D/t5?,8-,9-,10+,11-,12?. The average molecular weight is 265 g/mol. The molecule has 1 fully saturated rings. The van der Waals surface area contributed by atoms with Crippen LogP contribution < -0.4 is 0 Å². The number of unbranched alkanes of at least 4 members (excludes halogenated alkanes) is 1. The van der Waals surface area contributed by atoms with Crippen LogP contribution in [0.25, 0.3) is 0 Å². The second kappa shape index (κ2) is 6.79. The number of hydrogen-bond donors (Lipinski definition) is 5. The highest BCUT2D eigenvalue weighted by molar-refractivity contribution is 4.95. The fourth-order valence-electron chi connectivity index (χ4n) is 2.05. The van der Waals surface area contributed by atoms with Gasteiger partial charge in [0.1, 0.15) is 24.4 Å². The zero-order valence-corrected chi connectivity index (χ0v) is 10.6. The SMILES string of the molecule is [2H]C(CCCC)CC1(O)O[C@H](CO)[C@@H](O)[C@H](O)[C@H]1O. The molecule has 18 heavy (non-hydrogen) atoms. The van der Waals surface area contributed by atoms with Crippen LogP contribution in [0.5, 0.6) is 0 Å². The summed E-state index contributed by atoms with van der Waals surface area (Å²) in [6.07, 6.45) is -4.55. The molecule has 0 aromatic rings. The Morgan fingerprint density at radius 2 is 1.89 bits per heavy atom. The third kappa shape index (κ3) is 3.40. The molecule has 0 amide bonds. The lowest BCUT2D eigenvalue weighted by atomic mass is 9.89. The Morgan fingerprint density at radius 1 is 1.22 bits per heavy atom. The smallest absolute Gasteiger partial charge is 0.195 e. The largest absolute Gasteiger partial charge is 0.394 e. The molecule has 6 nitrogen and oxygen atoms in total. The van der Waals surface area contributed by atoms with Gasteiger partial charge in [-0.15, -0.1) is 0 Å². The minimum Gasteiger partial charge on any atom is -0.394 e. The minimum atomic E-state index is -2.12. The first-order valence-electron chi connectivity index (χ1n) is 6.91. The monoisotopic (exact) mass is 265 g/mol. The number of hydrogen-bond acceptors (Lipinski definition) is 6. The van der Waals surface area contributed by atoms with E-state index in [-0.39, 0.29) is 6.42 Å². The van der Waals surface area contributed by atoms with Crippen LogP contribution in [0.15, 0.2) is 0 Å². The van der Waals surface area contributed by atoms with Gasteiger partial charge in [0.05, 0.1) is 6.61 Å². The Hall–Kier alpha value is -0.240. The summed E-state index contributed by atoms with van der Waals surface area (Å²) in [6, 6.07) is 0. The lowest BCUT2D eigenvalue weighted by molar-refractivity contribution is -0.351. The van der Waals surface area contributed by atoms with Crippen molar-refractivity contribution in [3.05, 3.63) is 0 Å². The summed E-state index contributed by atoms with van der Waals surface area (Å²) in [6.45, 7) is 1.39. The van der Waals surface area contributed by atoms with E-state index in [1.54, 1.807) is 0 Å². The van der Waals surface area contributed by atoms with Crippen LogP contribution in [0, 0.1) is 0 Å². The zero-order chi connectivity index (χ0) is 14.6. The van der Waals surface area contributed by atoms with Crippen LogP contribution in [0.1, 0.15) is 40.4 Å². The second-order valence-electron chi connectivity index (χ2n) is 4.74. The molecule has 1 rings (SSSR count). The molecular formula is C12H24O6. The van der Waals surface area contributed by atoms with Gasteiger partial charge in [-0.2, -0.15) is 0 Å². The number of rotatable bonds is 6. The van der Waals surface area contributed by atoms with Crippen molar-refractivity contribution < 1.29 is 31.6 Å². The fraction of sp³-hybridized carbons (Fsp3) is 1.00. The van der Waals surface area contributed by atoms with Crippen molar-refractivity contribution >= 4 is 0 Å². The van der Waals surface area contributed by atoms with Crippen molar-refractivity contribution in [2.75, 3.05) is 6.61 Å². The number of ether oxygens (including phenoxy) is 1. The molecule has 1 saturated heterocycles. The van der Waals surface area contributed by atoms with Gasteiger partial charge in [-0.05, 0) is 6.40 Å². The van der Waals surface area contributed by atoms with Gasteiger partial charge < -0.3 is 30.3 Å². The first-order chi connectivity index (χ1) is 8.85. The second-order valence-corrected chi connectivity index (χ2v) is 4.74. The van der Waals surface area contributed by atoms with E-state index >= 15 is 0 Å². The van der Waals surface area contributed by atoms with E-state index in [0.29, 0.717) is 6.42 Å². The van der Waals surface area contributed by atoms with E-state index in [1.807, 2.05) is 6.92 Å². The Labute approximate surface area is 108 Å². The molecule has 6 heteroatoms. The summed E-state index contributed by atoms with van der Waals surface area (Å²) in [5.74, 6) is -2.12. The topological polar surface area (TPSA) is 110 Å². The van der Waals surface area contributed by atoms with Gasteiger partial charge >= 0.3 is 0 Å². The summed E-state index contributed by atoms with van der Waals surface area (Å²) >= 11 is 0. The van der Waals surface area contributed by atoms with Gasteiger partial charge in [0.15, 0.2) is 5.79 Å². The molecule has 0 aromatic carbocycles. The Balaban J connectivity index is 2.71. The predicted molar refractivity (Wildman–Crippen MR) is 63.7 cm³/mol. The van der Waals surface area contributed by atoms with Gasteiger partial charge in [0.2, 0.25) is 0 Å². The number of aliphatic hydroxyl groups is 5. The van der Waals surface area contributed by atoms with E-state index in [4.69, 9.17) is 11.2 Å². The van der Waals surface area contributed by atoms with Crippen molar-refractivity contribution in [2.24, 2.45) is 0 Å². The van der Waals surface area contributed by atoms with Crippen LogP contribution in [0.4, 0.5) is 0 Å². The van der Waals surface area contributed by atoms with Crippen molar-refractivity contribution in [3.63, 3.8) is 0 Å². The highest BCUT2D eigenvalue weighted by Crippen LogP contribution is 2.32. The maximum absolute atomic E-state index is 10.2. The maximum Gasteiger partial charge on any atom is 0.195 e. The van der Waals surface area contributed by atoms with Crippen LogP contribution in [0.2, 0.25) is 0 Å². The third-order valence-electron chi connectivity index (χ3n) is 3.25. The van der Waals surface area contributed by atoms with E-state index in [1.165, 1.54) is 0 Å². The number of aliphatic hydroxyl groups excluding tert-OH is 4. The summed E-state index contributed by atoms with van der Waals surface area (Å²) in [5, 5.41) is 48.3.